The Labute approximate surface area is 155 Å². The Balaban J connectivity index is 2.12. The molecule has 0 aliphatic rings. The van der Waals surface area contributed by atoms with Crippen LogP contribution < -0.4 is 10.1 Å². The van der Waals surface area contributed by atoms with Gasteiger partial charge >= 0.3 is 5.97 Å². The summed E-state index contributed by atoms with van der Waals surface area (Å²) in [5.74, 6) is -1.97. The van der Waals surface area contributed by atoms with Crippen LogP contribution in [0.3, 0.4) is 0 Å². The van der Waals surface area contributed by atoms with E-state index >= 15 is 0 Å². The van der Waals surface area contributed by atoms with E-state index in [2.05, 4.69) is 5.32 Å². The number of carbonyl (C=O) groups is 2. The molecule has 2 aromatic carbocycles. The maximum absolute atomic E-state index is 13.9. The van der Waals surface area contributed by atoms with Crippen molar-refractivity contribution in [2.75, 3.05) is 32.8 Å². The second-order valence-corrected chi connectivity index (χ2v) is 5.53. The summed E-state index contributed by atoms with van der Waals surface area (Å²) in [7, 11) is 2.87. The van der Waals surface area contributed by atoms with Gasteiger partial charge in [0.15, 0.2) is 0 Å². The van der Waals surface area contributed by atoms with Crippen LogP contribution in [-0.4, -0.2) is 44.4 Å². The number of nitrogens with one attached hydrogen (secondary N) is 1. The van der Waals surface area contributed by atoms with E-state index in [0.29, 0.717) is 18.9 Å². The number of halogens is 1. The second-order valence-electron chi connectivity index (χ2n) is 5.53. The average Bonchev–Trinajstić information content (AvgIpc) is 2.66. The zero-order chi connectivity index (χ0) is 19.8. The number of hydrogen-bond acceptors (Lipinski definition) is 5. The Kier molecular flexibility index (Phi) is 7.27. The van der Waals surface area contributed by atoms with Crippen molar-refractivity contribution in [1.29, 1.82) is 0 Å². The molecule has 0 fully saturated rings. The van der Waals surface area contributed by atoms with Gasteiger partial charge in [0.05, 0.1) is 26.9 Å². The minimum Gasteiger partial charge on any atom is -0.496 e. The Morgan fingerprint density at radius 2 is 1.89 bits per heavy atom. The van der Waals surface area contributed by atoms with Gasteiger partial charge in [-0.1, -0.05) is 0 Å². The third-order valence-electron chi connectivity index (χ3n) is 3.69. The molecule has 2 rings (SSSR count). The Hall–Kier alpha value is -2.97. The molecule has 0 saturated heterocycles. The zero-order valence-corrected chi connectivity index (χ0v) is 15.0. The number of aromatic carboxylic acids is 1. The van der Waals surface area contributed by atoms with E-state index in [9.17, 15) is 14.0 Å². The number of amides is 1. The highest BCUT2D eigenvalue weighted by Gasteiger charge is 2.14. The molecule has 1 amide bonds. The minimum absolute atomic E-state index is 0.0114. The Morgan fingerprint density at radius 3 is 2.56 bits per heavy atom. The molecular weight excluding hydrogens is 357 g/mol. The summed E-state index contributed by atoms with van der Waals surface area (Å²) in [6, 6.07) is 8.13. The van der Waals surface area contributed by atoms with Gasteiger partial charge in [-0.15, -0.1) is 0 Å². The summed E-state index contributed by atoms with van der Waals surface area (Å²) in [5.41, 5.74) is 0.817. The largest absolute Gasteiger partial charge is 0.496 e. The lowest BCUT2D eigenvalue weighted by atomic mass is 10.1. The number of carbonyl (C=O) groups excluding carboxylic acids is 1. The van der Waals surface area contributed by atoms with Crippen LogP contribution in [0.4, 0.5) is 10.1 Å². The van der Waals surface area contributed by atoms with Crippen LogP contribution in [0.5, 0.6) is 5.75 Å². The number of carboxylic acid groups (broad SMARTS) is 1. The van der Waals surface area contributed by atoms with Crippen molar-refractivity contribution in [3.63, 3.8) is 0 Å². The number of ether oxygens (including phenoxy) is 3. The first-order valence-corrected chi connectivity index (χ1v) is 8.04. The fourth-order valence-electron chi connectivity index (χ4n) is 2.30. The van der Waals surface area contributed by atoms with E-state index < -0.39 is 17.7 Å². The molecule has 2 aromatic rings. The third kappa shape index (κ3) is 5.50. The molecule has 0 radical (unpaired) electrons. The number of anilines is 1. The molecule has 8 heteroatoms. The van der Waals surface area contributed by atoms with Gasteiger partial charge in [0.1, 0.15) is 17.1 Å². The van der Waals surface area contributed by atoms with Crippen molar-refractivity contribution < 1.29 is 33.3 Å². The van der Waals surface area contributed by atoms with Gasteiger partial charge in [-0.3, -0.25) is 4.79 Å². The van der Waals surface area contributed by atoms with Gasteiger partial charge in [0.2, 0.25) is 0 Å². The fraction of sp³-hybridized carbons (Fsp3) is 0.263. The summed E-state index contributed by atoms with van der Waals surface area (Å²) >= 11 is 0. The van der Waals surface area contributed by atoms with Crippen LogP contribution in [0.2, 0.25) is 0 Å². The molecule has 0 bridgehead atoms. The van der Waals surface area contributed by atoms with Gasteiger partial charge < -0.3 is 24.6 Å². The van der Waals surface area contributed by atoms with Crippen molar-refractivity contribution >= 4 is 17.6 Å². The number of rotatable bonds is 9. The molecule has 2 N–H and O–H groups in total. The predicted octanol–water partition coefficient (Wildman–Crippen LogP) is 2.95. The molecule has 0 atom stereocenters. The number of carboxylic acids is 1. The summed E-state index contributed by atoms with van der Waals surface area (Å²) < 4.78 is 29.0. The van der Waals surface area contributed by atoms with E-state index in [4.69, 9.17) is 19.3 Å². The average molecular weight is 377 g/mol. The van der Waals surface area contributed by atoms with Gasteiger partial charge in [0, 0.05) is 30.0 Å². The molecule has 0 aliphatic carbocycles. The summed E-state index contributed by atoms with van der Waals surface area (Å²) in [6.45, 7) is 0.704. The fourth-order valence-corrected chi connectivity index (χ4v) is 2.30. The smallest absolute Gasteiger partial charge is 0.339 e. The molecule has 144 valence electrons. The van der Waals surface area contributed by atoms with Crippen LogP contribution in [-0.2, 0) is 16.1 Å². The van der Waals surface area contributed by atoms with Gasteiger partial charge in [-0.05, 0) is 30.3 Å². The molecule has 27 heavy (non-hydrogen) atoms. The van der Waals surface area contributed by atoms with Gasteiger partial charge in [0.25, 0.3) is 5.91 Å². The second kappa shape index (κ2) is 9.65. The van der Waals surface area contributed by atoms with E-state index in [1.54, 1.807) is 0 Å². The summed E-state index contributed by atoms with van der Waals surface area (Å²) in [5, 5.41) is 11.7. The minimum atomic E-state index is -1.14. The maximum atomic E-state index is 13.9. The molecule has 0 saturated carbocycles. The lowest BCUT2D eigenvalue weighted by molar-refractivity contribution is 0.0604. The van der Waals surface area contributed by atoms with Crippen LogP contribution in [0.25, 0.3) is 0 Å². The molecule has 0 aliphatic heterocycles. The molecule has 7 nitrogen and oxygen atoms in total. The van der Waals surface area contributed by atoms with Crippen LogP contribution in [0.15, 0.2) is 36.4 Å². The van der Waals surface area contributed by atoms with Gasteiger partial charge in [-0.25, -0.2) is 9.18 Å². The topological polar surface area (TPSA) is 94.1 Å². The molecule has 0 heterocycles. The summed E-state index contributed by atoms with van der Waals surface area (Å²) in [6.07, 6.45) is 0. The third-order valence-corrected chi connectivity index (χ3v) is 3.69. The predicted molar refractivity (Wildman–Crippen MR) is 95.8 cm³/mol. The molecule has 0 spiro atoms. The monoisotopic (exact) mass is 377 g/mol. The molecular formula is C19H20FNO6. The number of methoxy groups -OCH3 is 2. The van der Waals surface area contributed by atoms with E-state index in [0.717, 1.165) is 0 Å². The van der Waals surface area contributed by atoms with Gasteiger partial charge in [-0.2, -0.15) is 0 Å². The number of benzene rings is 2. The summed E-state index contributed by atoms with van der Waals surface area (Å²) in [4.78, 5) is 23.5. The van der Waals surface area contributed by atoms with Crippen LogP contribution >= 0.6 is 0 Å². The van der Waals surface area contributed by atoms with Crippen molar-refractivity contribution in [3.8, 4) is 5.75 Å². The lowest BCUT2D eigenvalue weighted by Gasteiger charge is -2.11. The van der Waals surface area contributed by atoms with E-state index in [1.807, 2.05) is 0 Å². The SMILES string of the molecule is COCCOCc1cc(C(=O)Nc2ccc(C(=O)O)c(OC)c2)ccc1F. The normalized spacial score (nSPS) is 10.5. The van der Waals surface area contributed by atoms with Crippen molar-refractivity contribution in [1.82, 2.24) is 0 Å². The van der Waals surface area contributed by atoms with Crippen molar-refractivity contribution in [2.45, 2.75) is 6.61 Å². The Morgan fingerprint density at radius 1 is 1.11 bits per heavy atom. The van der Waals surface area contributed by atoms with Crippen molar-refractivity contribution in [2.24, 2.45) is 0 Å². The van der Waals surface area contributed by atoms with Crippen LogP contribution in [0.1, 0.15) is 26.3 Å². The quantitative estimate of drug-likeness (QED) is 0.653. The van der Waals surface area contributed by atoms with Crippen molar-refractivity contribution in [3.05, 3.63) is 58.9 Å². The maximum Gasteiger partial charge on any atom is 0.339 e. The standard InChI is InChI=1S/C19H20FNO6/c1-25-7-8-27-11-13-9-12(3-6-16(13)20)18(22)21-14-4-5-15(19(23)24)17(10-14)26-2/h3-6,9-10H,7-8,11H2,1-2H3,(H,21,22)(H,23,24). The highest BCUT2D eigenvalue weighted by atomic mass is 19.1. The number of hydrogen-bond donors (Lipinski definition) is 2. The first kappa shape index (κ1) is 20.3. The molecule has 0 unspecified atom stereocenters. The van der Waals surface area contributed by atoms with E-state index in [-0.39, 0.29) is 29.0 Å². The van der Waals surface area contributed by atoms with E-state index in [1.165, 1.54) is 50.6 Å². The first-order valence-electron chi connectivity index (χ1n) is 8.04. The highest BCUT2D eigenvalue weighted by Crippen LogP contribution is 2.24. The Bertz CT molecular complexity index is 824. The zero-order valence-electron chi connectivity index (χ0n) is 15.0. The van der Waals surface area contributed by atoms with Crippen LogP contribution in [0, 0.1) is 5.82 Å². The lowest BCUT2D eigenvalue weighted by Crippen LogP contribution is -2.13. The first-order chi connectivity index (χ1) is 13.0. The molecule has 0 aromatic heterocycles. The highest BCUT2D eigenvalue weighted by molar-refractivity contribution is 6.04.